The fourth-order valence-electron chi connectivity index (χ4n) is 2.14. The van der Waals surface area contributed by atoms with Crippen LogP contribution in [-0.2, 0) is 16.0 Å². The molecule has 0 saturated heterocycles. The van der Waals surface area contributed by atoms with Crippen LogP contribution in [0.1, 0.15) is 51.2 Å². The summed E-state index contributed by atoms with van der Waals surface area (Å²) in [6, 6.07) is 8.36. The monoisotopic (exact) mass is 248 g/mol. The molecule has 1 aromatic rings. The molecule has 0 radical (unpaired) electrons. The Labute approximate surface area is 110 Å². The van der Waals surface area contributed by atoms with Crippen molar-refractivity contribution in [1.82, 2.24) is 0 Å². The van der Waals surface area contributed by atoms with Crippen molar-refractivity contribution in [2.45, 2.75) is 46.5 Å². The van der Waals surface area contributed by atoms with Gasteiger partial charge in [0.15, 0.2) is 0 Å². The van der Waals surface area contributed by atoms with Gasteiger partial charge in [0, 0.05) is 0 Å². The summed E-state index contributed by atoms with van der Waals surface area (Å²) in [5.74, 6) is 0.414. The second-order valence-electron chi connectivity index (χ2n) is 5.05. The third kappa shape index (κ3) is 4.17. The van der Waals surface area contributed by atoms with Crippen molar-refractivity contribution in [1.29, 1.82) is 0 Å². The third-order valence-corrected chi connectivity index (χ3v) is 3.01. The van der Waals surface area contributed by atoms with E-state index in [1.807, 2.05) is 13.8 Å². The van der Waals surface area contributed by atoms with Gasteiger partial charge in [-0.05, 0) is 36.8 Å². The van der Waals surface area contributed by atoms with Crippen LogP contribution >= 0.6 is 0 Å². The van der Waals surface area contributed by atoms with E-state index < -0.39 is 0 Å². The Kier molecular flexibility index (Phi) is 5.90. The zero-order chi connectivity index (χ0) is 13.5. The molecule has 0 aromatic heterocycles. The fourth-order valence-corrected chi connectivity index (χ4v) is 2.14. The Morgan fingerprint density at radius 3 is 2.22 bits per heavy atom. The molecular weight excluding hydrogens is 224 g/mol. The number of rotatable bonds is 6. The number of esters is 1. The van der Waals surface area contributed by atoms with Crippen LogP contribution in [0.15, 0.2) is 24.3 Å². The fraction of sp³-hybridized carbons (Fsp3) is 0.562. The lowest BCUT2D eigenvalue weighted by Crippen LogP contribution is -2.15. The molecule has 0 heterocycles. The number of carbonyl (C=O) groups is 1. The summed E-state index contributed by atoms with van der Waals surface area (Å²) in [7, 11) is 0. The summed E-state index contributed by atoms with van der Waals surface area (Å²) in [6.45, 7) is 8.73. The van der Waals surface area contributed by atoms with Gasteiger partial charge in [-0.3, -0.25) is 4.79 Å². The average molecular weight is 248 g/mol. The smallest absolute Gasteiger partial charge is 0.313 e. The highest BCUT2D eigenvalue weighted by Crippen LogP contribution is 2.22. The van der Waals surface area contributed by atoms with E-state index in [0.717, 1.165) is 18.4 Å². The molecule has 0 bridgehead atoms. The number of benzene rings is 1. The summed E-state index contributed by atoms with van der Waals surface area (Å²) in [6.07, 6.45) is 1.86. The molecule has 0 aliphatic heterocycles. The minimum absolute atomic E-state index is 0.114. The topological polar surface area (TPSA) is 26.3 Å². The summed E-state index contributed by atoms with van der Waals surface area (Å²) in [5.41, 5.74) is 2.39. The summed E-state index contributed by atoms with van der Waals surface area (Å²) in [5, 5.41) is 0. The van der Waals surface area contributed by atoms with Crippen molar-refractivity contribution in [3.63, 3.8) is 0 Å². The molecule has 100 valence electrons. The number of carbonyl (C=O) groups excluding carboxylic acids is 1. The highest BCUT2D eigenvalue weighted by atomic mass is 16.5. The van der Waals surface area contributed by atoms with Gasteiger partial charge in [-0.25, -0.2) is 0 Å². The van der Waals surface area contributed by atoms with Crippen molar-refractivity contribution in [3.05, 3.63) is 35.4 Å². The van der Waals surface area contributed by atoms with Crippen LogP contribution in [0, 0.1) is 5.92 Å². The lowest BCUT2D eigenvalue weighted by Gasteiger charge is -2.14. The van der Waals surface area contributed by atoms with E-state index in [-0.39, 0.29) is 11.9 Å². The normalized spacial score (nSPS) is 12.5. The Hall–Kier alpha value is -1.31. The molecule has 0 aliphatic rings. The molecule has 1 atom stereocenters. The van der Waals surface area contributed by atoms with Crippen molar-refractivity contribution < 1.29 is 9.53 Å². The molecule has 0 fully saturated rings. The minimum Gasteiger partial charge on any atom is -0.466 e. The van der Waals surface area contributed by atoms with Crippen molar-refractivity contribution >= 4 is 5.97 Å². The first-order chi connectivity index (χ1) is 8.58. The van der Waals surface area contributed by atoms with E-state index in [2.05, 4.69) is 38.1 Å². The van der Waals surface area contributed by atoms with Crippen LogP contribution in [0.5, 0.6) is 0 Å². The second-order valence-corrected chi connectivity index (χ2v) is 5.05. The molecule has 1 unspecified atom stereocenters. The lowest BCUT2D eigenvalue weighted by molar-refractivity contribution is -0.145. The van der Waals surface area contributed by atoms with Crippen LogP contribution in [0.4, 0.5) is 0 Å². The lowest BCUT2D eigenvalue weighted by atomic mass is 9.94. The Balaban J connectivity index is 2.78. The van der Waals surface area contributed by atoms with E-state index in [1.54, 1.807) is 0 Å². The maximum absolute atomic E-state index is 11.8. The van der Waals surface area contributed by atoms with Gasteiger partial charge in [-0.15, -0.1) is 0 Å². The first-order valence-electron chi connectivity index (χ1n) is 6.83. The van der Waals surface area contributed by atoms with Gasteiger partial charge in [0.2, 0.25) is 0 Å². The van der Waals surface area contributed by atoms with Crippen molar-refractivity contribution in [3.8, 4) is 0 Å². The van der Waals surface area contributed by atoms with Gasteiger partial charge in [0.1, 0.15) is 0 Å². The molecule has 18 heavy (non-hydrogen) atoms. The third-order valence-electron chi connectivity index (χ3n) is 3.01. The van der Waals surface area contributed by atoms with Crippen molar-refractivity contribution in [2.24, 2.45) is 5.92 Å². The largest absolute Gasteiger partial charge is 0.466 e. The predicted octanol–water partition coefficient (Wildman–Crippen LogP) is 3.94. The van der Waals surface area contributed by atoms with Crippen LogP contribution in [0.25, 0.3) is 0 Å². The van der Waals surface area contributed by atoms with E-state index in [0.29, 0.717) is 12.5 Å². The van der Waals surface area contributed by atoms with Crippen LogP contribution in [-0.4, -0.2) is 12.6 Å². The molecule has 1 rings (SSSR count). The number of hydrogen-bond acceptors (Lipinski definition) is 2. The van der Waals surface area contributed by atoms with Gasteiger partial charge in [-0.1, -0.05) is 45.0 Å². The highest BCUT2D eigenvalue weighted by Gasteiger charge is 2.19. The molecule has 0 aliphatic carbocycles. The first-order valence-corrected chi connectivity index (χ1v) is 6.83. The molecule has 2 nitrogen and oxygen atoms in total. The maximum atomic E-state index is 11.8. The van der Waals surface area contributed by atoms with Gasteiger partial charge < -0.3 is 4.74 Å². The maximum Gasteiger partial charge on any atom is 0.313 e. The Morgan fingerprint density at radius 1 is 1.17 bits per heavy atom. The van der Waals surface area contributed by atoms with E-state index in [1.165, 1.54) is 5.56 Å². The molecule has 0 N–H and O–H groups in total. The summed E-state index contributed by atoms with van der Waals surface area (Å²) >= 11 is 0. The molecule has 1 aromatic carbocycles. The number of hydrogen-bond donors (Lipinski definition) is 0. The van der Waals surface area contributed by atoms with E-state index in [9.17, 15) is 4.79 Å². The average Bonchev–Trinajstić information content (AvgIpc) is 2.32. The van der Waals surface area contributed by atoms with Gasteiger partial charge in [0.05, 0.1) is 12.5 Å². The molecule has 2 heteroatoms. The Bertz CT molecular complexity index is 365. The molecule has 0 saturated carbocycles. The molecule has 0 spiro atoms. The molecular formula is C16H24O2. The van der Waals surface area contributed by atoms with Gasteiger partial charge in [0.25, 0.3) is 0 Å². The van der Waals surface area contributed by atoms with Crippen LogP contribution in [0.2, 0.25) is 0 Å². The minimum atomic E-state index is -0.127. The van der Waals surface area contributed by atoms with Crippen LogP contribution < -0.4 is 0 Å². The quantitative estimate of drug-likeness (QED) is 0.713. The zero-order valence-electron chi connectivity index (χ0n) is 11.9. The van der Waals surface area contributed by atoms with Gasteiger partial charge in [-0.2, -0.15) is 0 Å². The van der Waals surface area contributed by atoms with E-state index in [4.69, 9.17) is 4.74 Å². The van der Waals surface area contributed by atoms with Crippen LogP contribution in [0.3, 0.4) is 0 Å². The summed E-state index contributed by atoms with van der Waals surface area (Å²) < 4.78 is 5.11. The van der Waals surface area contributed by atoms with Gasteiger partial charge >= 0.3 is 5.97 Å². The Morgan fingerprint density at radius 2 is 1.78 bits per heavy atom. The second kappa shape index (κ2) is 7.20. The zero-order valence-corrected chi connectivity index (χ0v) is 11.9. The predicted molar refractivity (Wildman–Crippen MR) is 74.6 cm³/mol. The van der Waals surface area contributed by atoms with E-state index >= 15 is 0 Å². The highest BCUT2D eigenvalue weighted by molar-refractivity contribution is 5.78. The SMILES string of the molecule is CCOC(=O)C(CC)c1ccc(CC(C)C)cc1. The molecule has 0 amide bonds. The first kappa shape index (κ1) is 14.7. The summed E-state index contributed by atoms with van der Waals surface area (Å²) in [4.78, 5) is 11.8. The standard InChI is InChI=1S/C16H24O2/c1-5-15(16(17)18-6-2)14-9-7-13(8-10-14)11-12(3)4/h7-10,12,15H,5-6,11H2,1-4H3. The number of ether oxygens (including phenoxy) is 1. The van der Waals surface area contributed by atoms with Crippen molar-refractivity contribution in [2.75, 3.05) is 6.61 Å².